The van der Waals surface area contributed by atoms with Crippen molar-refractivity contribution in [2.45, 2.75) is 26.0 Å². The van der Waals surface area contributed by atoms with Crippen LogP contribution in [0.15, 0.2) is 0 Å². The van der Waals surface area contributed by atoms with Gasteiger partial charge in [0.25, 0.3) is 0 Å². The number of hydrogen-bond donors (Lipinski definition) is 2. The number of rotatable bonds is 4. The molecule has 1 heterocycles. The molecule has 0 unspecified atom stereocenters. The Kier molecular flexibility index (Phi) is 3.38. The van der Waals surface area contributed by atoms with Crippen LogP contribution >= 0.6 is 0 Å². The van der Waals surface area contributed by atoms with Gasteiger partial charge in [0.2, 0.25) is 0 Å². The Morgan fingerprint density at radius 3 is 2.53 bits per heavy atom. The number of nitrogen functional groups attached to an aromatic ring is 1. The second-order valence-corrected chi connectivity index (χ2v) is 6.37. The highest BCUT2D eigenvalue weighted by atomic mass is 32.2. The summed E-state index contributed by atoms with van der Waals surface area (Å²) in [6, 6.07) is 0. The molecule has 0 aliphatic carbocycles. The van der Waals surface area contributed by atoms with Gasteiger partial charge in [-0.2, -0.15) is 5.10 Å². The van der Waals surface area contributed by atoms with Gasteiger partial charge in [-0.05, 0) is 12.3 Å². The molecule has 1 rings (SSSR count). The topological polar surface area (TPSA) is 88.8 Å². The summed E-state index contributed by atoms with van der Waals surface area (Å²) in [5, 5.41) is 6.52. The molecule has 5 nitrogen and oxygen atoms in total. The Hall–Kier alpha value is -1.04. The standard InChI is InChI=1S/C9H17N3O2S/c1-6(2)4-7-8(5-15(3,13)14)11-12-9(7)10/h6H,4-5H2,1-3H3,(H3,10,11,12). The van der Waals surface area contributed by atoms with Crippen molar-refractivity contribution in [3.05, 3.63) is 11.3 Å². The van der Waals surface area contributed by atoms with Crippen molar-refractivity contribution >= 4 is 15.7 Å². The van der Waals surface area contributed by atoms with Gasteiger partial charge in [-0.15, -0.1) is 0 Å². The third kappa shape index (κ3) is 3.54. The minimum absolute atomic E-state index is 0.0285. The molecule has 0 radical (unpaired) electrons. The van der Waals surface area contributed by atoms with Gasteiger partial charge in [0.05, 0.1) is 11.4 Å². The fourth-order valence-corrected chi connectivity index (χ4v) is 2.20. The van der Waals surface area contributed by atoms with Crippen molar-refractivity contribution in [3.63, 3.8) is 0 Å². The predicted molar refractivity (Wildman–Crippen MR) is 60.1 cm³/mol. The van der Waals surface area contributed by atoms with Gasteiger partial charge in [0, 0.05) is 11.8 Å². The summed E-state index contributed by atoms with van der Waals surface area (Å²) < 4.78 is 22.3. The van der Waals surface area contributed by atoms with E-state index in [0.29, 0.717) is 17.4 Å². The van der Waals surface area contributed by atoms with Crippen LogP contribution < -0.4 is 5.73 Å². The van der Waals surface area contributed by atoms with Crippen LogP contribution in [-0.4, -0.2) is 24.9 Å². The van der Waals surface area contributed by atoms with Crippen molar-refractivity contribution in [2.75, 3.05) is 12.0 Å². The molecule has 0 spiro atoms. The van der Waals surface area contributed by atoms with Crippen molar-refractivity contribution in [2.24, 2.45) is 5.92 Å². The number of nitrogens with one attached hydrogen (secondary N) is 1. The Labute approximate surface area is 90.0 Å². The van der Waals surface area contributed by atoms with E-state index < -0.39 is 9.84 Å². The van der Waals surface area contributed by atoms with Gasteiger partial charge in [-0.1, -0.05) is 13.8 Å². The third-order valence-corrected chi connectivity index (χ3v) is 2.82. The minimum atomic E-state index is -3.05. The summed E-state index contributed by atoms with van der Waals surface area (Å²) in [5.74, 6) is 0.796. The molecule has 15 heavy (non-hydrogen) atoms. The Balaban J connectivity index is 2.98. The maximum absolute atomic E-state index is 11.2. The van der Waals surface area contributed by atoms with E-state index in [1.807, 2.05) is 0 Å². The smallest absolute Gasteiger partial charge is 0.153 e. The monoisotopic (exact) mass is 231 g/mol. The lowest BCUT2D eigenvalue weighted by Crippen LogP contribution is -2.06. The number of aromatic nitrogens is 2. The predicted octanol–water partition coefficient (Wildman–Crippen LogP) is 0.735. The van der Waals surface area contributed by atoms with Gasteiger partial charge in [-0.25, -0.2) is 8.42 Å². The number of nitrogens with zero attached hydrogens (tertiary/aromatic N) is 1. The van der Waals surface area contributed by atoms with E-state index in [1.54, 1.807) is 0 Å². The van der Waals surface area contributed by atoms with Gasteiger partial charge in [0.1, 0.15) is 5.82 Å². The first-order valence-corrected chi connectivity index (χ1v) is 6.85. The largest absolute Gasteiger partial charge is 0.382 e. The number of H-pyrrole nitrogens is 1. The van der Waals surface area contributed by atoms with Crippen molar-refractivity contribution in [1.29, 1.82) is 0 Å². The number of hydrogen-bond acceptors (Lipinski definition) is 4. The fraction of sp³-hybridized carbons (Fsp3) is 0.667. The van der Waals surface area contributed by atoms with E-state index in [0.717, 1.165) is 12.0 Å². The van der Waals surface area contributed by atoms with Gasteiger partial charge in [0.15, 0.2) is 9.84 Å². The highest BCUT2D eigenvalue weighted by molar-refractivity contribution is 7.89. The number of sulfone groups is 1. The summed E-state index contributed by atoms with van der Waals surface area (Å²) in [6.07, 6.45) is 1.94. The molecule has 0 aromatic carbocycles. The first kappa shape index (κ1) is 12.0. The zero-order valence-electron chi connectivity index (χ0n) is 9.24. The Bertz CT molecular complexity index is 434. The molecule has 1 aromatic heterocycles. The lowest BCUT2D eigenvalue weighted by Gasteiger charge is -2.05. The number of anilines is 1. The zero-order valence-corrected chi connectivity index (χ0v) is 10.1. The van der Waals surface area contributed by atoms with Crippen LogP contribution in [-0.2, 0) is 22.0 Å². The third-order valence-electron chi connectivity index (χ3n) is 2.00. The van der Waals surface area contributed by atoms with E-state index in [1.165, 1.54) is 6.26 Å². The van der Waals surface area contributed by atoms with Gasteiger partial charge in [-0.3, -0.25) is 5.10 Å². The lowest BCUT2D eigenvalue weighted by molar-refractivity contribution is 0.599. The molecule has 0 atom stereocenters. The van der Waals surface area contributed by atoms with Crippen LogP contribution in [0.3, 0.4) is 0 Å². The molecule has 1 aromatic rings. The van der Waals surface area contributed by atoms with Crippen LogP contribution in [0.5, 0.6) is 0 Å². The lowest BCUT2D eigenvalue weighted by atomic mass is 10.0. The first-order chi connectivity index (χ1) is 6.79. The Morgan fingerprint density at radius 2 is 2.07 bits per heavy atom. The molecule has 0 saturated heterocycles. The van der Waals surface area contributed by atoms with E-state index in [9.17, 15) is 8.42 Å². The van der Waals surface area contributed by atoms with Gasteiger partial charge < -0.3 is 5.73 Å². The summed E-state index contributed by atoms with van der Waals surface area (Å²) >= 11 is 0. The maximum atomic E-state index is 11.2. The average molecular weight is 231 g/mol. The minimum Gasteiger partial charge on any atom is -0.382 e. The highest BCUT2D eigenvalue weighted by Gasteiger charge is 2.15. The van der Waals surface area contributed by atoms with Crippen LogP contribution in [0, 0.1) is 5.92 Å². The normalized spacial score (nSPS) is 12.3. The van der Waals surface area contributed by atoms with E-state index >= 15 is 0 Å². The van der Waals surface area contributed by atoms with Crippen LogP contribution in [0.4, 0.5) is 5.82 Å². The van der Waals surface area contributed by atoms with Crippen LogP contribution in [0.2, 0.25) is 0 Å². The molecule has 3 N–H and O–H groups in total. The molecule has 86 valence electrons. The van der Waals surface area contributed by atoms with E-state index in [-0.39, 0.29) is 5.75 Å². The highest BCUT2D eigenvalue weighted by Crippen LogP contribution is 2.19. The molecule has 0 saturated carbocycles. The zero-order chi connectivity index (χ0) is 11.6. The quantitative estimate of drug-likeness (QED) is 0.799. The molecular formula is C9H17N3O2S. The molecular weight excluding hydrogens is 214 g/mol. The summed E-state index contributed by atoms with van der Waals surface area (Å²) in [4.78, 5) is 0. The fourth-order valence-electron chi connectivity index (χ4n) is 1.43. The van der Waals surface area contributed by atoms with Crippen molar-refractivity contribution in [3.8, 4) is 0 Å². The second kappa shape index (κ2) is 4.22. The molecule has 0 aliphatic heterocycles. The number of nitrogens with two attached hydrogens (primary N) is 1. The molecule has 0 bridgehead atoms. The second-order valence-electron chi connectivity index (χ2n) is 4.23. The number of aromatic amines is 1. The molecule has 0 amide bonds. The Morgan fingerprint density at radius 1 is 1.47 bits per heavy atom. The SMILES string of the molecule is CC(C)Cc1c(N)n[nH]c1CS(C)(=O)=O. The van der Waals surface area contributed by atoms with Crippen molar-refractivity contribution < 1.29 is 8.42 Å². The summed E-state index contributed by atoms with van der Waals surface area (Å²) in [6.45, 7) is 4.10. The van der Waals surface area contributed by atoms with Crippen LogP contribution in [0.1, 0.15) is 25.1 Å². The van der Waals surface area contributed by atoms with Crippen LogP contribution in [0.25, 0.3) is 0 Å². The van der Waals surface area contributed by atoms with E-state index in [2.05, 4.69) is 24.0 Å². The van der Waals surface area contributed by atoms with Crippen molar-refractivity contribution in [1.82, 2.24) is 10.2 Å². The average Bonchev–Trinajstić information content (AvgIpc) is 2.32. The van der Waals surface area contributed by atoms with E-state index in [4.69, 9.17) is 5.73 Å². The molecule has 6 heteroatoms. The molecule has 0 aliphatic rings. The first-order valence-electron chi connectivity index (χ1n) is 4.79. The summed E-state index contributed by atoms with van der Waals surface area (Å²) in [5.41, 5.74) is 7.11. The molecule has 0 fully saturated rings. The maximum Gasteiger partial charge on any atom is 0.153 e. The van der Waals surface area contributed by atoms with Gasteiger partial charge >= 0.3 is 0 Å². The summed E-state index contributed by atoms with van der Waals surface area (Å²) in [7, 11) is -3.05.